The quantitative estimate of drug-likeness (QED) is 0.402. The van der Waals surface area contributed by atoms with Crippen LogP contribution in [0.1, 0.15) is 6.42 Å². The first-order valence-electron chi connectivity index (χ1n) is 3.40. The van der Waals surface area contributed by atoms with Crippen LogP contribution in [0.3, 0.4) is 0 Å². The van der Waals surface area contributed by atoms with Gasteiger partial charge in [0, 0.05) is 13.1 Å². The average Bonchev–Trinajstić information content (AvgIpc) is 2.15. The highest BCUT2D eigenvalue weighted by molar-refractivity contribution is 7.59. The number of hydrogen-bond acceptors (Lipinski definition) is 4. The molecule has 0 aliphatic carbocycles. The van der Waals surface area contributed by atoms with E-state index in [1.807, 2.05) is 0 Å². The molecule has 0 saturated carbocycles. The molecule has 1 saturated heterocycles. The van der Waals surface area contributed by atoms with Gasteiger partial charge in [-0.05, 0) is 0 Å². The Labute approximate surface area is 73.0 Å². The number of carbonyl (C=O) groups excluding carboxylic acids is 1. The SMILES string of the molecule is CP(=O)(O)[C@]1(F)C[C@@H](O)N(O)C1=O. The van der Waals surface area contributed by atoms with E-state index in [4.69, 9.17) is 15.2 Å². The molecular weight excluding hydrogens is 204 g/mol. The summed E-state index contributed by atoms with van der Waals surface area (Å²) >= 11 is 0. The molecule has 0 aromatic carbocycles. The molecule has 1 unspecified atom stereocenters. The Kier molecular flexibility index (Phi) is 2.24. The molecule has 0 aromatic heterocycles. The molecule has 0 spiro atoms. The predicted octanol–water partition coefficient (Wildman–Crippen LogP) is -0.508. The second-order valence-corrected chi connectivity index (χ2v) is 5.44. The lowest BCUT2D eigenvalue weighted by molar-refractivity contribution is -0.191. The number of amides is 1. The van der Waals surface area contributed by atoms with Crippen molar-refractivity contribution in [1.29, 1.82) is 0 Å². The lowest BCUT2D eigenvalue weighted by Crippen LogP contribution is -2.35. The minimum Gasteiger partial charge on any atom is -0.371 e. The largest absolute Gasteiger partial charge is 0.371 e. The minimum atomic E-state index is -4.33. The maximum Gasteiger partial charge on any atom is 0.296 e. The third kappa shape index (κ3) is 1.38. The summed E-state index contributed by atoms with van der Waals surface area (Å²) < 4.78 is 24.4. The van der Waals surface area contributed by atoms with Gasteiger partial charge in [0.1, 0.15) is 0 Å². The van der Waals surface area contributed by atoms with Crippen molar-refractivity contribution >= 4 is 13.3 Å². The molecule has 13 heavy (non-hydrogen) atoms. The van der Waals surface area contributed by atoms with E-state index >= 15 is 0 Å². The molecule has 1 fully saturated rings. The van der Waals surface area contributed by atoms with Crippen LogP contribution in [0.4, 0.5) is 4.39 Å². The van der Waals surface area contributed by atoms with Gasteiger partial charge in [0.25, 0.3) is 11.3 Å². The fraction of sp³-hybridized carbons (Fsp3) is 0.800. The number of hydroxylamine groups is 2. The van der Waals surface area contributed by atoms with E-state index in [2.05, 4.69) is 0 Å². The molecule has 3 N–H and O–H groups in total. The van der Waals surface area contributed by atoms with Crippen LogP contribution in [-0.2, 0) is 9.36 Å². The van der Waals surface area contributed by atoms with Crippen molar-refractivity contribution in [2.45, 2.75) is 18.1 Å². The number of alkyl halides is 1. The van der Waals surface area contributed by atoms with E-state index in [0.29, 0.717) is 6.66 Å². The number of hydrogen-bond donors (Lipinski definition) is 3. The highest BCUT2D eigenvalue weighted by atomic mass is 31.2. The normalized spacial score (nSPS) is 39.3. The van der Waals surface area contributed by atoms with Crippen molar-refractivity contribution in [2.75, 3.05) is 6.66 Å². The Bertz CT molecular complexity index is 291. The number of nitrogens with zero attached hydrogens (tertiary/aromatic N) is 1. The van der Waals surface area contributed by atoms with Crippen LogP contribution in [0, 0.1) is 0 Å². The van der Waals surface area contributed by atoms with E-state index in [1.165, 1.54) is 0 Å². The third-order valence-corrected chi connectivity index (χ3v) is 3.62. The van der Waals surface area contributed by atoms with Gasteiger partial charge in [0.2, 0.25) is 7.37 Å². The second kappa shape index (κ2) is 2.75. The highest BCUT2D eigenvalue weighted by Gasteiger charge is 2.61. The van der Waals surface area contributed by atoms with Gasteiger partial charge in [-0.25, -0.2) is 4.39 Å². The molecule has 1 amide bonds. The molecule has 1 rings (SSSR count). The first kappa shape index (κ1) is 10.6. The van der Waals surface area contributed by atoms with Crippen LogP contribution >= 0.6 is 7.37 Å². The fourth-order valence-electron chi connectivity index (χ4n) is 1.07. The maximum atomic E-state index is 13.5. The first-order chi connectivity index (χ1) is 5.70. The molecule has 0 aromatic rings. The van der Waals surface area contributed by atoms with Crippen molar-refractivity contribution in [3.8, 4) is 0 Å². The van der Waals surface area contributed by atoms with Crippen molar-refractivity contribution < 1.29 is 29.0 Å². The predicted molar refractivity (Wildman–Crippen MR) is 38.8 cm³/mol. The van der Waals surface area contributed by atoms with Crippen LogP contribution in [0.2, 0.25) is 0 Å². The Morgan fingerprint density at radius 1 is 1.77 bits per heavy atom. The Balaban J connectivity index is 3.09. The molecule has 0 bridgehead atoms. The zero-order valence-corrected chi connectivity index (χ0v) is 7.61. The van der Waals surface area contributed by atoms with Crippen LogP contribution in [0.15, 0.2) is 0 Å². The van der Waals surface area contributed by atoms with Crippen LogP contribution in [0.25, 0.3) is 0 Å². The van der Waals surface area contributed by atoms with Crippen molar-refractivity contribution in [2.24, 2.45) is 0 Å². The first-order valence-corrected chi connectivity index (χ1v) is 5.51. The molecule has 76 valence electrons. The van der Waals surface area contributed by atoms with Gasteiger partial charge in [-0.3, -0.25) is 14.6 Å². The van der Waals surface area contributed by atoms with Crippen molar-refractivity contribution in [3.05, 3.63) is 0 Å². The summed E-state index contributed by atoms with van der Waals surface area (Å²) in [5, 5.41) is 14.2. The van der Waals surface area contributed by atoms with Gasteiger partial charge < -0.3 is 10.00 Å². The maximum absolute atomic E-state index is 13.5. The molecule has 0 radical (unpaired) electrons. The number of halogens is 1. The lowest BCUT2D eigenvalue weighted by atomic mass is 10.3. The summed E-state index contributed by atoms with van der Waals surface area (Å²) in [5.41, 5.74) is 0. The highest BCUT2D eigenvalue weighted by Crippen LogP contribution is 2.57. The summed E-state index contributed by atoms with van der Waals surface area (Å²) in [7, 11) is -4.33. The third-order valence-electron chi connectivity index (χ3n) is 1.93. The van der Waals surface area contributed by atoms with Crippen molar-refractivity contribution in [1.82, 2.24) is 5.06 Å². The summed E-state index contributed by atoms with van der Waals surface area (Å²) in [6.45, 7) is 0.663. The summed E-state index contributed by atoms with van der Waals surface area (Å²) in [6.07, 6.45) is -2.66. The summed E-state index contributed by atoms with van der Waals surface area (Å²) in [6, 6.07) is 0. The zero-order valence-electron chi connectivity index (χ0n) is 6.71. The smallest absolute Gasteiger partial charge is 0.296 e. The van der Waals surface area contributed by atoms with Gasteiger partial charge in [-0.15, -0.1) is 0 Å². The molecular formula is C5H9FNO5P. The number of aliphatic hydroxyl groups excluding tert-OH is 1. The van der Waals surface area contributed by atoms with Gasteiger partial charge in [0.05, 0.1) is 0 Å². The van der Waals surface area contributed by atoms with Gasteiger partial charge >= 0.3 is 0 Å². The molecule has 1 aliphatic heterocycles. The van der Waals surface area contributed by atoms with E-state index in [0.717, 1.165) is 0 Å². The van der Waals surface area contributed by atoms with E-state index in [-0.39, 0.29) is 5.06 Å². The van der Waals surface area contributed by atoms with Crippen LogP contribution in [0.5, 0.6) is 0 Å². The molecule has 1 heterocycles. The topological polar surface area (TPSA) is 98.1 Å². The second-order valence-electron chi connectivity index (χ2n) is 2.97. The standard InChI is InChI=1S/C5H9FNO5P/c1-13(11,12)5(6)2-3(8)7(10)4(5)9/h3,8,10H,2H2,1H3,(H,11,12)/t3-,5-/m1/s1. The van der Waals surface area contributed by atoms with Crippen LogP contribution in [-0.4, -0.2) is 44.5 Å². The van der Waals surface area contributed by atoms with Gasteiger partial charge in [-0.2, -0.15) is 5.06 Å². The molecule has 1 aliphatic rings. The van der Waals surface area contributed by atoms with E-state index in [1.54, 1.807) is 0 Å². The minimum absolute atomic E-state index is 0.271. The van der Waals surface area contributed by atoms with Gasteiger partial charge in [-0.1, -0.05) is 0 Å². The summed E-state index contributed by atoms with van der Waals surface area (Å²) in [4.78, 5) is 19.8. The average molecular weight is 213 g/mol. The van der Waals surface area contributed by atoms with E-state index < -0.39 is 31.3 Å². The number of aliphatic hydroxyl groups is 1. The zero-order chi connectivity index (χ0) is 10.4. The molecule has 3 atom stereocenters. The Morgan fingerprint density at radius 3 is 2.38 bits per heavy atom. The van der Waals surface area contributed by atoms with Crippen LogP contribution < -0.4 is 0 Å². The fourth-order valence-corrected chi connectivity index (χ4v) is 2.03. The van der Waals surface area contributed by atoms with E-state index in [9.17, 15) is 13.8 Å². The summed E-state index contributed by atoms with van der Waals surface area (Å²) in [5.74, 6) is -1.58. The Morgan fingerprint density at radius 2 is 2.23 bits per heavy atom. The monoisotopic (exact) mass is 213 g/mol. The number of carbonyl (C=O) groups is 1. The molecule has 8 heteroatoms. The lowest BCUT2D eigenvalue weighted by Gasteiger charge is -2.19. The van der Waals surface area contributed by atoms with Gasteiger partial charge in [0.15, 0.2) is 6.23 Å². The van der Waals surface area contributed by atoms with Crippen molar-refractivity contribution in [3.63, 3.8) is 0 Å². The Hall–Kier alpha value is -0.490. The number of rotatable bonds is 1. The molecule has 6 nitrogen and oxygen atoms in total.